The Hall–Kier alpha value is -4.38. The van der Waals surface area contributed by atoms with Crippen LogP contribution in [-0.2, 0) is 13.0 Å². The highest BCUT2D eigenvalue weighted by atomic mass is 19.1. The number of aromatic nitrogens is 5. The lowest BCUT2D eigenvalue weighted by Gasteiger charge is -2.31. The minimum Gasteiger partial charge on any atom is -0.392 e. The molecule has 6 rings (SSSR count). The van der Waals surface area contributed by atoms with Crippen molar-refractivity contribution in [2.45, 2.75) is 58.1 Å². The Kier molecular flexibility index (Phi) is 6.67. The van der Waals surface area contributed by atoms with Crippen LogP contribution in [0.15, 0.2) is 42.7 Å². The van der Waals surface area contributed by atoms with Crippen molar-refractivity contribution < 1.29 is 14.3 Å². The molecular formula is C29H31FN8O2. The zero-order chi connectivity index (χ0) is 28.0. The van der Waals surface area contributed by atoms with Gasteiger partial charge in [0.1, 0.15) is 5.82 Å². The molecule has 1 aliphatic heterocycles. The summed E-state index contributed by atoms with van der Waals surface area (Å²) in [6.07, 6.45) is 7.11. The first kappa shape index (κ1) is 25.9. The molecule has 1 fully saturated rings. The molecule has 1 aliphatic carbocycles. The van der Waals surface area contributed by atoms with Crippen molar-refractivity contribution >= 4 is 29.2 Å². The normalized spacial score (nSPS) is 15.7. The number of nitrogens with one attached hydrogen (secondary N) is 1. The quantitative estimate of drug-likeness (QED) is 0.291. The Morgan fingerprint density at radius 2 is 2.05 bits per heavy atom. The summed E-state index contributed by atoms with van der Waals surface area (Å²) in [5.41, 5.74) is 9.95. The Morgan fingerprint density at radius 3 is 2.80 bits per heavy atom. The Labute approximate surface area is 231 Å². The predicted octanol–water partition coefficient (Wildman–Crippen LogP) is 4.74. The Morgan fingerprint density at radius 1 is 1.23 bits per heavy atom. The molecule has 11 heteroatoms. The molecule has 3 heterocycles. The van der Waals surface area contributed by atoms with Crippen LogP contribution in [-0.4, -0.2) is 42.3 Å². The van der Waals surface area contributed by atoms with Gasteiger partial charge in [0.05, 0.1) is 29.7 Å². The Bertz CT molecular complexity index is 1600. The van der Waals surface area contributed by atoms with Gasteiger partial charge in [-0.15, -0.1) is 0 Å². The maximum atomic E-state index is 15.2. The molecule has 2 aromatic carbocycles. The third-order valence-electron chi connectivity index (χ3n) is 7.70. The van der Waals surface area contributed by atoms with Crippen molar-refractivity contribution in [3.8, 4) is 11.4 Å². The third kappa shape index (κ3) is 4.77. The number of carbonyl (C=O) groups is 1. The fourth-order valence-corrected chi connectivity index (χ4v) is 5.21. The van der Waals surface area contributed by atoms with Gasteiger partial charge in [-0.2, -0.15) is 20.1 Å². The molecule has 1 unspecified atom stereocenters. The number of nitrogen functional groups attached to an aromatic ring is 1. The minimum atomic E-state index is -0.492. The van der Waals surface area contributed by atoms with Gasteiger partial charge in [0.2, 0.25) is 11.9 Å². The highest BCUT2D eigenvalue weighted by molar-refractivity contribution is 6.09. The number of nitrogens with zero attached hydrogens (tertiary/aromatic N) is 6. The van der Waals surface area contributed by atoms with E-state index in [1.165, 1.54) is 11.0 Å². The summed E-state index contributed by atoms with van der Waals surface area (Å²) in [6, 6.07) is 8.95. The van der Waals surface area contributed by atoms with Gasteiger partial charge < -0.3 is 21.1 Å². The van der Waals surface area contributed by atoms with Gasteiger partial charge in [0, 0.05) is 29.9 Å². The van der Waals surface area contributed by atoms with E-state index in [-0.39, 0.29) is 35.9 Å². The van der Waals surface area contributed by atoms with E-state index in [4.69, 9.17) is 5.73 Å². The smallest absolute Gasteiger partial charge is 0.261 e. The van der Waals surface area contributed by atoms with Crippen LogP contribution in [0.25, 0.3) is 11.4 Å². The van der Waals surface area contributed by atoms with Crippen LogP contribution in [0.2, 0.25) is 0 Å². The summed E-state index contributed by atoms with van der Waals surface area (Å²) >= 11 is 0. The second kappa shape index (κ2) is 10.3. The molecule has 0 spiro atoms. The Balaban J connectivity index is 1.33. The van der Waals surface area contributed by atoms with E-state index < -0.39 is 11.7 Å². The average molecular weight is 543 g/mol. The van der Waals surface area contributed by atoms with Gasteiger partial charge in [-0.25, -0.2) is 4.39 Å². The van der Waals surface area contributed by atoms with E-state index in [0.29, 0.717) is 41.4 Å². The van der Waals surface area contributed by atoms with Crippen LogP contribution in [0.4, 0.5) is 27.7 Å². The summed E-state index contributed by atoms with van der Waals surface area (Å²) in [4.78, 5) is 28.1. The SMILES string of the molecule is CCC(C)n1cc(Nc2nc(N)nc(-c3cccc(N4CCc5cc(C6CC6)cc(F)c5C4=O)c3CO)n2)cn1. The zero-order valence-electron chi connectivity index (χ0n) is 22.4. The standard InChI is InChI=1S/C29H31FN8O2/c1-3-16(2)38-14-20(13-32-38)33-29-35-26(34-28(31)36-29)21-5-4-6-24(22(21)15-39)37-10-9-18-11-19(17-7-8-17)12-23(30)25(18)27(37)40/h4-6,11-14,16-17,39H,3,7-10,15H2,1-2H3,(H3,31,33,34,35,36). The number of aliphatic hydroxyl groups excluding tert-OH is 1. The van der Waals surface area contributed by atoms with Crippen LogP contribution in [0.3, 0.4) is 0 Å². The first-order valence-electron chi connectivity index (χ1n) is 13.6. The van der Waals surface area contributed by atoms with Gasteiger partial charge in [-0.3, -0.25) is 9.48 Å². The van der Waals surface area contributed by atoms with Crippen LogP contribution < -0.4 is 16.0 Å². The maximum Gasteiger partial charge on any atom is 0.261 e. The first-order valence-corrected chi connectivity index (χ1v) is 13.6. The van der Waals surface area contributed by atoms with Crippen molar-refractivity contribution in [3.05, 3.63) is 70.8 Å². The third-order valence-corrected chi connectivity index (χ3v) is 7.70. The minimum absolute atomic E-state index is 0.00683. The molecule has 0 radical (unpaired) electrons. The summed E-state index contributed by atoms with van der Waals surface area (Å²) in [7, 11) is 0. The molecule has 0 bridgehead atoms. The van der Waals surface area contributed by atoms with Crippen LogP contribution in [0.5, 0.6) is 0 Å². The molecular weight excluding hydrogens is 511 g/mol. The molecule has 206 valence electrons. The van der Waals surface area contributed by atoms with E-state index in [2.05, 4.69) is 39.2 Å². The van der Waals surface area contributed by atoms with E-state index in [1.807, 2.05) is 16.9 Å². The van der Waals surface area contributed by atoms with Crippen LogP contribution in [0, 0.1) is 5.82 Å². The summed E-state index contributed by atoms with van der Waals surface area (Å²) in [5.74, 6) is -0.0731. The van der Waals surface area contributed by atoms with E-state index >= 15 is 4.39 Å². The molecule has 1 atom stereocenters. The summed E-state index contributed by atoms with van der Waals surface area (Å²) in [5, 5.41) is 17.9. The number of benzene rings is 2. The lowest BCUT2D eigenvalue weighted by molar-refractivity contribution is 0.0976. The molecule has 1 saturated carbocycles. The van der Waals surface area contributed by atoms with Gasteiger partial charge in [0.25, 0.3) is 5.91 Å². The number of rotatable bonds is 8. The van der Waals surface area contributed by atoms with Gasteiger partial charge in [-0.05, 0) is 61.8 Å². The molecule has 4 aromatic rings. The fraction of sp³-hybridized carbons (Fsp3) is 0.345. The molecule has 1 amide bonds. The molecule has 2 aromatic heterocycles. The highest BCUT2D eigenvalue weighted by Crippen LogP contribution is 2.42. The van der Waals surface area contributed by atoms with Crippen molar-refractivity contribution in [1.29, 1.82) is 0 Å². The molecule has 2 aliphatic rings. The lowest BCUT2D eigenvalue weighted by atomic mass is 9.93. The van der Waals surface area contributed by atoms with Crippen molar-refractivity contribution in [2.24, 2.45) is 0 Å². The first-order chi connectivity index (χ1) is 19.4. The van der Waals surface area contributed by atoms with Crippen LogP contribution >= 0.6 is 0 Å². The largest absolute Gasteiger partial charge is 0.392 e. The fourth-order valence-electron chi connectivity index (χ4n) is 5.21. The molecule has 4 N–H and O–H groups in total. The number of nitrogens with two attached hydrogens (primary N) is 1. The average Bonchev–Trinajstić information content (AvgIpc) is 3.70. The van der Waals surface area contributed by atoms with Crippen molar-refractivity contribution in [3.63, 3.8) is 0 Å². The van der Waals surface area contributed by atoms with E-state index in [9.17, 15) is 9.90 Å². The highest BCUT2D eigenvalue weighted by Gasteiger charge is 2.33. The van der Waals surface area contributed by atoms with Crippen LogP contribution in [0.1, 0.15) is 72.1 Å². The topological polar surface area (TPSA) is 135 Å². The van der Waals surface area contributed by atoms with E-state index in [0.717, 1.165) is 30.4 Å². The number of fused-ring (bicyclic) bond motifs is 1. The zero-order valence-corrected chi connectivity index (χ0v) is 22.4. The monoisotopic (exact) mass is 542 g/mol. The number of hydrogen-bond donors (Lipinski definition) is 3. The number of carbonyl (C=O) groups excluding carboxylic acids is 1. The van der Waals surface area contributed by atoms with Gasteiger partial charge in [-0.1, -0.05) is 25.1 Å². The van der Waals surface area contributed by atoms with Crippen molar-refractivity contribution in [1.82, 2.24) is 24.7 Å². The van der Waals surface area contributed by atoms with Crippen molar-refractivity contribution in [2.75, 3.05) is 22.5 Å². The number of aliphatic hydroxyl groups is 1. The number of amides is 1. The second-order valence-corrected chi connectivity index (χ2v) is 10.4. The number of hydrogen-bond acceptors (Lipinski definition) is 8. The molecule has 40 heavy (non-hydrogen) atoms. The maximum absolute atomic E-state index is 15.2. The van der Waals surface area contributed by atoms with Gasteiger partial charge >= 0.3 is 0 Å². The number of anilines is 4. The molecule has 10 nitrogen and oxygen atoms in total. The van der Waals surface area contributed by atoms with E-state index in [1.54, 1.807) is 24.4 Å². The second-order valence-electron chi connectivity index (χ2n) is 10.4. The summed E-state index contributed by atoms with van der Waals surface area (Å²) < 4.78 is 17.0. The molecule has 0 saturated heterocycles. The predicted molar refractivity (Wildman–Crippen MR) is 150 cm³/mol. The van der Waals surface area contributed by atoms with Gasteiger partial charge in [0.15, 0.2) is 5.82 Å². The number of halogens is 1. The summed E-state index contributed by atoms with van der Waals surface area (Å²) in [6.45, 7) is 4.14. The lowest BCUT2D eigenvalue weighted by Crippen LogP contribution is -2.39.